The van der Waals surface area contributed by atoms with Crippen LogP contribution in [0.4, 0.5) is 5.69 Å². The van der Waals surface area contributed by atoms with Crippen LogP contribution in [0, 0.1) is 20.8 Å². The van der Waals surface area contributed by atoms with Crippen molar-refractivity contribution in [3.63, 3.8) is 0 Å². The van der Waals surface area contributed by atoms with Crippen LogP contribution in [-0.4, -0.2) is 60.5 Å². The largest absolute Gasteiger partial charge is 0.497 e. The van der Waals surface area contributed by atoms with Crippen LogP contribution < -0.4 is 20.7 Å². The fourth-order valence-electron chi connectivity index (χ4n) is 5.82. The molecule has 4 rings (SSSR count). The van der Waals surface area contributed by atoms with Crippen molar-refractivity contribution in [3.05, 3.63) is 88.2 Å². The Morgan fingerprint density at radius 2 is 1.73 bits per heavy atom. The van der Waals surface area contributed by atoms with Crippen LogP contribution in [0.15, 0.2) is 54.9 Å². The highest BCUT2D eigenvalue weighted by Gasteiger charge is 2.28. The highest BCUT2D eigenvalue weighted by molar-refractivity contribution is 6.00. The number of amides is 2. The average Bonchev–Trinajstić information content (AvgIpc) is 2.96. The van der Waals surface area contributed by atoms with Crippen molar-refractivity contribution in [2.24, 2.45) is 5.73 Å². The number of rotatable bonds is 11. The summed E-state index contributed by atoms with van der Waals surface area (Å²) in [6, 6.07) is 14.6. The van der Waals surface area contributed by atoms with Gasteiger partial charge in [-0.1, -0.05) is 0 Å². The maximum atomic E-state index is 12.9. The van der Waals surface area contributed by atoms with Crippen LogP contribution in [0.2, 0.25) is 0 Å². The number of methoxy groups -OCH3 is 1. The molecule has 41 heavy (non-hydrogen) atoms. The molecule has 2 amide bonds. The number of likely N-dealkylation sites (tertiary alicyclic amines) is 1. The number of carbonyl (C=O) groups is 2. The number of hydrogen-bond acceptors (Lipinski definition) is 6. The Kier molecular flexibility index (Phi) is 10.00. The molecule has 1 aliphatic heterocycles. The molecule has 1 aliphatic rings. The van der Waals surface area contributed by atoms with E-state index in [2.05, 4.69) is 52.1 Å². The molecule has 0 spiro atoms. The molecule has 0 radical (unpaired) electrons. The van der Waals surface area contributed by atoms with Crippen LogP contribution in [-0.2, 0) is 6.54 Å². The molecule has 8 heteroatoms. The van der Waals surface area contributed by atoms with Crippen molar-refractivity contribution in [1.82, 2.24) is 15.2 Å². The summed E-state index contributed by atoms with van der Waals surface area (Å²) in [5.41, 5.74) is 11.7. The zero-order chi connectivity index (χ0) is 29.5. The summed E-state index contributed by atoms with van der Waals surface area (Å²) >= 11 is 0. The molecular weight excluding hydrogens is 514 g/mol. The number of hydrogen-bond donors (Lipinski definition) is 2. The van der Waals surface area contributed by atoms with Gasteiger partial charge >= 0.3 is 0 Å². The lowest BCUT2D eigenvalue weighted by molar-refractivity contribution is 0.0941. The van der Waals surface area contributed by atoms with Gasteiger partial charge in [0.25, 0.3) is 5.91 Å². The predicted octanol–water partition coefficient (Wildman–Crippen LogP) is 4.79. The van der Waals surface area contributed by atoms with E-state index in [0.29, 0.717) is 29.8 Å². The second-order valence-electron chi connectivity index (χ2n) is 11.1. The summed E-state index contributed by atoms with van der Waals surface area (Å²) < 4.78 is 5.39. The number of anilines is 1. The summed E-state index contributed by atoms with van der Waals surface area (Å²) in [5, 5.41) is 3.08. The predicted molar refractivity (Wildman–Crippen MR) is 164 cm³/mol. The van der Waals surface area contributed by atoms with Gasteiger partial charge in [-0.25, -0.2) is 0 Å². The number of benzene rings is 2. The van der Waals surface area contributed by atoms with E-state index in [-0.39, 0.29) is 5.91 Å². The molecule has 8 nitrogen and oxygen atoms in total. The van der Waals surface area contributed by atoms with Gasteiger partial charge in [0.2, 0.25) is 5.91 Å². The van der Waals surface area contributed by atoms with Crippen LogP contribution >= 0.6 is 0 Å². The monoisotopic (exact) mass is 557 g/mol. The van der Waals surface area contributed by atoms with Gasteiger partial charge in [0.05, 0.1) is 7.11 Å². The summed E-state index contributed by atoms with van der Waals surface area (Å²) in [6.07, 6.45) is 6.82. The molecule has 0 bridgehead atoms. The summed E-state index contributed by atoms with van der Waals surface area (Å²) in [4.78, 5) is 33.9. The lowest BCUT2D eigenvalue weighted by Crippen LogP contribution is -2.48. The minimum absolute atomic E-state index is 0.109. The van der Waals surface area contributed by atoms with Crippen LogP contribution in [0.1, 0.15) is 69.2 Å². The molecule has 218 valence electrons. The first-order chi connectivity index (χ1) is 19.7. The van der Waals surface area contributed by atoms with E-state index in [1.165, 1.54) is 16.8 Å². The standard InChI is InChI=1S/C33H43N5O3/c1-22-10-14-35-20-27(22)21-38(28-6-8-30(41-5)9-7-28)29-12-16-37(17-13-29)25(4)11-15-36-33(40)31-23(2)18-26(32(34)39)19-24(31)3/h6-10,14,18-20,25,29H,11-13,15-17,21H2,1-5H3,(H2,34,39)(H,36,40)/t25-/m1/s1. The molecule has 2 aromatic carbocycles. The molecule has 0 unspecified atom stereocenters. The van der Waals surface area contributed by atoms with Gasteiger partial charge in [-0.2, -0.15) is 0 Å². The third-order valence-corrected chi connectivity index (χ3v) is 8.35. The average molecular weight is 558 g/mol. The molecule has 0 saturated carbocycles. The Hall–Kier alpha value is -3.91. The van der Waals surface area contributed by atoms with Crippen molar-refractivity contribution in [2.45, 2.75) is 65.6 Å². The van der Waals surface area contributed by atoms with Gasteiger partial charge in [0, 0.05) is 67.5 Å². The van der Waals surface area contributed by atoms with Crippen molar-refractivity contribution in [1.29, 1.82) is 0 Å². The van der Waals surface area contributed by atoms with Gasteiger partial charge in [-0.05, 0) is 112 Å². The number of carbonyl (C=O) groups excluding carboxylic acids is 2. The molecular formula is C33H43N5O3. The highest BCUT2D eigenvalue weighted by atomic mass is 16.5. The Morgan fingerprint density at radius 1 is 1.07 bits per heavy atom. The zero-order valence-electron chi connectivity index (χ0n) is 24.9. The Bertz CT molecular complexity index is 1330. The fraction of sp³-hybridized carbons (Fsp3) is 0.424. The molecule has 1 saturated heterocycles. The number of ether oxygens (including phenoxy) is 1. The number of primary amides is 1. The van der Waals surface area contributed by atoms with E-state index in [9.17, 15) is 9.59 Å². The van der Waals surface area contributed by atoms with E-state index in [1.54, 1.807) is 19.2 Å². The number of aryl methyl sites for hydroxylation is 3. The first-order valence-electron chi connectivity index (χ1n) is 14.4. The lowest BCUT2D eigenvalue weighted by atomic mass is 9.98. The molecule has 0 aliphatic carbocycles. The molecule has 3 N–H and O–H groups in total. The molecule has 1 aromatic heterocycles. The topological polar surface area (TPSA) is 101 Å². The fourth-order valence-corrected chi connectivity index (χ4v) is 5.82. The summed E-state index contributed by atoms with van der Waals surface area (Å²) in [5.74, 6) is 0.262. The molecule has 3 aromatic rings. The Morgan fingerprint density at radius 3 is 2.32 bits per heavy atom. The first-order valence-corrected chi connectivity index (χ1v) is 14.4. The number of aromatic nitrogens is 1. The third-order valence-electron chi connectivity index (χ3n) is 8.35. The molecule has 1 atom stereocenters. The van der Waals surface area contributed by atoms with Gasteiger partial charge in [-0.3, -0.25) is 14.6 Å². The maximum absolute atomic E-state index is 12.9. The Balaban J connectivity index is 1.34. The van der Waals surface area contributed by atoms with Crippen molar-refractivity contribution < 1.29 is 14.3 Å². The van der Waals surface area contributed by atoms with Crippen LogP contribution in [0.5, 0.6) is 5.75 Å². The van der Waals surface area contributed by atoms with E-state index in [0.717, 1.165) is 55.8 Å². The van der Waals surface area contributed by atoms with Crippen molar-refractivity contribution >= 4 is 17.5 Å². The number of piperidine rings is 1. The van der Waals surface area contributed by atoms with E-state index in [1.807, 2.05) is 38.4 Å². The summed E-state index contributed by atoms with van der Waals surface area (Å²) in [7, 11) is 1.69. The van der Waals surface area contributed by atoms with Crippen LogP contribution in [0.25, 0.3) is 0 Å². The molecule has 1 fully saturated rings. The normalized spacial score (nSPS) is 14.9. The number of nitrogens with two attached hydrogens (primary N) is 1. The van der Waals surface area contributed by atoms with Gasteiger partial charge in [0.1, 0.15) is 5.75 Å². The van der Waals surface area contributed by atoms with Gasteiger partial charge < -0.3 is 25.6 Å². The van der Waals surface area contributed by atoms with Gasteiger partial charge in [0.15, 0.2) is 0 Å². The van der Waals surface area contributed by atoms with Crippen molar-refractivity contribution in [2.75, 3.05) is 31.6 Å². The smallest absolute Gasteiger partial charge is 0.251 e. The van der Waals surface area contributed by atoms with Gasteiger partial charge in [-0.15, -0.1) is 0 Å². The third kappa shape index (κ3) is 7.44. The van der Waals surface area contributed by atoms with E-state index >= 15 is 0 Å². The van der Waals surface area contributed by atoms with Crippen molar-refractivity contribution in [3.8, 4) is 5.75 Å². The quantitative estimate of drug-likeness (QED) is 0.352. The van der Waals surface area contributed by atoms with E-state index < -0.39 is 5.91 Å². The lowest BCUT2D eigenvalue weighted by Gasteiger charge is -2.42. The summed E-state index contributed by atoms with van der Waals surface area (Å²) in [6.45, 7) is 11.5. The first kappa shape index (κ1) is 30.1. The second-order valence-corrected chi connectivity index (χ2v) is 11.1. The Labute approximate surface area is 243 Å². The minimum atomic E-state index is -0.486. The number of nitrogens with zero attached hydrogens (tertiary/aromatic N) is 3. The number of nitrogens with one attached hydrogen (secondary N) is 1. The number of pyridine rings is 1. The van der Waals surface area contributed by atoms with Crippen LogP contribution in [0.3, 0.4) is 0 Å². The zero-order valence-corrected chi connectivity index (χ0v) is 24.9. The highest BCUT2D eigenvalue weighted by Crippen LogP contribution is 2.29. The maximum Gasteiger partial charge on any atom is 0.251 e. The van der Waals surface area contributed by atoms with E-state index in [4.69, 9.17) is 10.5 Å². The second kappa shape index (κ2) is 13.6. The SMILES string of the molecule is COc1ccc(N(Cc2cnccc2C)C2CCN([C@H](C)CCNC(=O)c3c(C)cc(C(N)=O)cc3C)CC2)cc1. The minimum Gasteiger partial charge on any atom is -0.497 e. The molecule has 2 heterocycles.